The Morgan fingerprint density at radius 3 is 2.18 bits per heavy atom. The molecule has 5 N–H and O–H groups in total. The van der Waals surface area contributed by atoms with Gasteiger partial charge in [0.05, 0.1) is 11.0 Å². The molecular formula is C10H20N4O2S. The van der Waals surface area contributed by atoms with Gasteiger partial charge in [-0.25, -0.2) is 4.79 Å². The standard InChI is InChI=1S/C10H20N4O2S/c1-6(2)14(5-4-8(11)17)7(3)9(15)13-10(12)16/h6-7H,4-5H2,1-3H3,(H2,11,17)(H3,12,13,15,16). The summed E-state index contributed by atoms with van der Waals surface area (Å²) in [7, 11) is 0. The Hall–Kier alpha value is -1.21. The molecule has 0 aromatic heterocycles. The number of urea groups is 1. The highest BCUT2D eigenvalue weighted by Gasteiger charge is 2.24. The molecule has 0 aliphatic carbocycles. The molecule has 0 aromatic carbocycles. The molecule has 98 valence electrons. The molecule has 1 atom stereocenters. The Morgan fingerprint density at radius 1 is 1.29 bits per heavy atom. The summed E-state index contributed by atoms with van der Waals surface area (Å²) < 4.78 is 0. The summed E-state index contributed by atoms with van der Waals surface area (Å²) in [4.78, 5) is 24.5. The predicted molar refractivity (Wildman–Crippen MR) is 70.4 cm³/mol. The molecule has 0 fully saturated rings. The van der Waals surface area contributed by atoms with Crippen LogP contribution in [0.1, 0.15) is 27.2 Å². The minimum atomic E-state index is -0.847. The normalized spacial score (nSPS) is 12.5. The average Bonchev–Trinajstić information content (AvgIpc) is 2.15. The fraction of sp³-hybridized carbons (Fsp3) is 0.700. The smallest absolute Gasteiger partial charge is 0.318 e. The quantitative estimate of drug-likeness (QED) is 0.581. The van der Waals surface area contributed by atoms with Crippen molar-refractivity contribution in [2.45, 2.75) is 39.3 Å². The highest BCUT2D eigenvalue weighted by Crippen LogP contribution is 2.06. The maximum Gasteiger partial charge on any atom is 0.318 e. The molecule has 7 heteroatoms. The van der Waals surface area contributed by atoms with Gasteiger partial charge in [0, 0.05) is 19.0 Å². The zero-order chi connectivity index (χ0) is 13.6. The molecule has 0 spiro atoms. The van der Waals surface area contributed by atoms with E-state index in [-0.39, 0.29) is 6.04 Å². The first-order valence-electron chi connectivity index (χ1n) is 5.40. The van der Waals surface area contributed by atoms with Crippen molar-refractivity contribution in [2.75, 3.05) is 6.54 Å². The highest BCUT2D eigenvalue weighted by molar-refractivity contribution is 7.80. The van der Waals surface area contributed by atoms with Crippen LogP contribution in [-0.4, -0.2) is 40.5 Å². The van der Waals surface area contributed by atoms with Gasteiger partial charge < -0.3 is 11.5 Å². The van der Waals surface area contributed by atoms with E-state index in [2.05, 4.69) is 5.32 Å². The van der Waals surface area contributed by atoms with Gasteiger partial charge in [-0.15, -0.1) is 0 Å². The van der Waals surface area contributed by atoms with Crippen molar-refractivity contribution in [1.29, 1.82) is 0 Å². The molecule has 0 heterocycles. The lowest BCUT2D eigenvalue weighted by Gasteiger charge is -2.31. The van der Waals surface area contributed by atoms with Crippen LogP contribution in [0.4, 0.5) is 4.79 Å². The van der Waals surface area contributed by atoms with Gasteiger partial charge in [-0.2, -0.15) is 0 Å². The summed E-state index contributed by atoms with van der Waals surface area (Å²) in [6.07, 6.45) is 0.529. The van der Waals surface area contributed by atoms with Crippen molar-refractivity contribution in [3.8, 4) is 0 Å². The van der Waals surface area contributed by atoms with E-state index in [9.17, 15) is 9.59 Å². The number of nitrogens with one attached hydrogen (secondary N) is 1. The number of primary amides is 1. The maximum absolute atomic E-state index is 11.6. The summed E-state index contributed by atoms with van der Waals surface area (Å²) in [5, 5.41) is 2.06. The molecule has 17 heavy (non-hydrogen) atoms. The van der Waals surface area contributed by atoms with Crippen molar-refractivity contribution in [3.63, 3.8) is 0 Å². The first-order chi connectivity index (χ1) is 7.75. The summed E-state index contributed by atoms with van der Waals surface area (Å²) >= 11 is 4.80. The number of nitrogens with two attached hydrogens (primary N) is 2. The first kappa shape index (κ1) is 15.8. The summed E-state index contributed by atoms with van der Waals surface area (Å²) in [6.45, 7) is 6.18. The summed E-state index contributed by atoms with van der Waals surface area (Å²) in [5.41, 5.74) is 10.3. The number of rotatable bonds is 6. The number of hydrogen-bond donors (Lipinski definition) is 3. The van der Waals surface area contributed by atoms with Crippen LogP contribution in [0.5, 0.6) is 0 Å². The van der Waals surface area contributed by atoms with E-state index in [0.717, 1.165) is 0 Å². The molecule has 0 bridgehead atoms. The van der Waals surface area contributed by atoms with Gasteiger partial charge in [0.2, 0.25) is 5.91 Å². The molecule has 0 radical (unpaired) electrons. The second kappa shape index (κ2) is 7.18. The van der Waals surface area contributed by atoms with Crippen LogP contribution in [0.25, 0.3) is 0 Å². The molecule has 3 amide bonds. The Kier molecular flexibility index (Phi) is 6.67. The number of hydrogen-bond acceptors (Lipinski definition) is 4. The van der Waals surface area contributed by atoms with Crippen molar-refractivity contribution in [3.05, 3.63) is 0 Å². The van der Waals surface area contributed by atoms with Gasteiger partial charge in [0.25, 0.3) is 0 Å². The van der Waals surface area contributed by atoms with Crippen LogP contribution >= 0.6 is 12.2 Å². The third kappa shape index (κ3) is 6.18. The van der Waals surface area contributed by atoms with Crippen molar-refractivity contribution in [2.24, 2.45) is 11.5 Å². The third-order valence-electron chi connectivity index (χ3n) is 2.40. The van der Waals surface area contributed by atoms with E-state index >= 15 is 0 Å². The average molecular weight is 260 g/mol. The van der Waals surface area contributed by atoms with Crippen LogP contribution in [-0.2, 0) is 4.79 Å². The van der Waals surface area contributed by atoms with Gasteiger partial charge in [-0.05, 0) is 20.8 Å². The number of thiocarbonyl (C=S) groups is 1. The zero-order valence-corrected chi connectivity index (χ0v) is 11.2. The van der Waals surface area contributed by atoms with E-state index in [1.54, 1.807) is 6.92 Å². The van der Waals surface area contributed by atoms with E-state index < -0.39 is 18.0 Å². The van der Waals surface area contributed by atoms with Crippen molar-refractivity contribution in [1.82, 2.24) is 10.2 Å². The molecule has 0 aliphatic rings. The first-order valence-corrected chi connectivity index (χ1v) is 5.80. The second-order valence-electron chi connectivity index (χ2n) is 4.08. The third-order valence-corrected chi connectivity index (χ3v) is 2.61. The number of imide groups is 1. The molecule has 0 aliphatic heterocycles. The topological polar surface area (TPSA) is 101 Å². The van der Waals surface area contributed by atoms with E-state index in [1.165, 1.54) is 0 Å². The Morgan fingerprint density at radius 2 is 1.82 bits per heavy atom. The van der Waals surface area contributed by atoms with Crippen molar-refractivity contribution >= 4 is 29.1 Å². The summed E-state index contributed by atoms with van der Waals surface area (Å²) in [6, 6.07) is -1.17. The Balaban J connectivity index is 4.52. The molecular weight excluding hydrogens is 240 g/mol. The number of amides is 3. The zero-order valence-electron chi connectivity index (χ0n) is 10.4. The molecule has 0 rings (SSSR count). The van der Waals surface area contributed by atoms with E-state index in [1.807, 2.05) is 18.7 Å². The minimum absolute atomic E-state index is 0.137. The van der Waals surface area contributed by atoms with Crippen molar-refractivity contribution < 1.29 is 9.59 Å². The van der Waals surface area contributed by atoms with E-state index in [0.29, 0.717) is 18.0 Å². The fourth-order valence-electron chi connectivity index (χ4n) is 1.51. The molecule has 0 aromatic rings. The monoisotopic (exact) mass is 260 g/mol. The predicted octanol–water partition coefficient (Wildman–Crippen LogP) is -0.0436. The highest BCUT2D eigenvalue weighted by atomic mass is 32.1. The Labute approximate surface area is 107 Å². The van der Waals surface area contributed by atoms with E-state index in [4.69, 9.17) is 23.7 Å². The summed E-state index contributed by atoms with van der Waals surface area (Å²) in [5.74, 6) is -0.422. The molecule has 0 saturated carbocycles. The largest absolute Gasteiger partial charge is 0.393 e. The second-order valence-corrected chi connectivity index (χ2v) is 4.60. The molecule has 0 saturated heterocycles. The molecule has 1 unspecified atom stereocenters. The lowest BCUT2D eigenvalue weighted by molar-refractivity contribution is -0.125. The van der Waals surface area contributed by atoms with Gasteiger partial charge in [0.1, 0.15) is 0 Å². The number of carbonyl (C=O) groups excluding carboxylic acids is 2. The van der Waals surface area contributed by atoms with Gasteiger partial charge >= 0.3 is 6.03 Å². The van der Waals surface area contributed by atoms with Gasteiger partial charge in [-0.3, -0.25) is 15.0 Å². The van der Waals surface area contributed by atoms with Gasteiger partial charge in [-0.1, -0.05) is 12.2 Å². The van der Waals surface area contributed by atoms with Gasteiger partial charge in [0.15, 0.2) is 0 Å². The van der Waals surface area contributed by atoms with Crippen LogP contribution in [0, 0.1) is 0 Å². The maximum atomic E-state index is 11.6. The lowest BCUT2D eigenvalue weighted by Crippen LogP contribution is -2.51. The fourth-order valence-corrected chi connectivity index (χ4v) is 1.61. The minimum Gasteiger partial charge on any atom is -0.393 e. The van der Waals surface area contributed by atoms with Crippen LogP contribution in [0.2, 0.25) is 0 Å². The van der Waals surface area contributed by atoms with Crippen LogP contribution < -0.4 is 16.8 Å². The number of nitrogens with zero attached hydrogens (tertiary/aromatic N) is 1. The molecule has 6 nitrogen and oxygen atoms in total. The number of carbonyl (C=O) groups is 2. The lowest BCUT2D eigenvalue weighted by atomic mass is 10.2. The van der Waals surface area contributed by atoms with Crippen LogP contribution in [0.3, 0.4) is 0 Å². The SMILES string of the molecule is CC(C)N(CCC(N)=S)C(C)C(=O)NC(N)=O. The Bertz CT molecular complexity index is 307. The van der Waals surface area contributed by atoms with Crippen LogP contribution in [0.15, 0.2) is 0 Å².